The fourth-order valence-electron chi connectivity index (χ4n) is 1.88. The summed E-state index contributed by atoms with van der Waals surface area (Å²) in [6, 6.07) is 0. The lowest BCUT2D eigenvalue weighted by molar-refractivity contribution is -0.163. The molecule has 0 aliphatic rings. The number of carboxylic acid groups (broad SMARTS) is 2. The molecular formula is C15H22N4O11. The van der Waals surface area contributed by atoms with E-state index in [0.717, 1.165) is 11.5 Å². The minimum atomic E-state index is -2.25. The van der Waals surface area contributed by atoms with Crippen LogP contribution in [0.4, 0.5) is 0 Å². The highest BCUT2D eigenvalue weighted by Gasteiger charge is 2.34. The Kier molecular flexibility index (Phi) is 10.3. The second kappa shape index (κ2) is 11.6. The third-order valence-corrected chi connectivity index (χ3v) is 3.45. The van der Waals surface area contributed by atoms with Crippen molar-refractivity contribution in [3.8, 4) is 0 Å². The molecule has 0 aliphatic heterocycles. The first kappa shape index (κ1) is 26.6. The third-order valence-electron chi connectivity index (χ3n) is 3.45. The molecule has 0 amide bonds. The number of aliphatic hydroxyl groups excluding tert-OH is 4. The maximum absolute atomic E-state index is 11.4. The van der Waals surface area contributed by atoms with Gasteiger partial charge in [-0.3, -0.25) is 18.7 Å². The Balaban J connectivity index is 0.000000477. The van der Waals surface area contributed by atoms with E-state index in [-0.39, 0.29) is 17.5 Å². The summed E-state index contributed by atoms with van der Waals surface area (Å²) in [5.41, 5.74) is 0.0119. The summed E-state index contributed by atoms with van der Waals surface area (Å²) in [5.74, 6) is -2.59. The maximum Gasteiger partial charge on any atom is 0.335 e. The van der Waals surface area contributed by atoms with Crippen LogP contribution in [0.1, 0.15) is 6.92 Å². The molecule has 0 aromatic carbocycles. The van der Waals surface area contributed by atoms with Crippen LogP contribution >= 0.6 is 0 Å². The van der Waals surface area contributed by atoms with Gasteiger partial charge in [0.25, 0.3) is 11.5 Å². The lowest BCUT2D eigenvalue weighted by Crippen LogP contribution is -2.48. The van der Waals surface area contributed by atoms with Gasteiger partial charge in [-0.25, -0.2) is 14.6 Å². The van der Waals surface area contributed by atoms with E-state index in [1.54, 1.807) is 7.05 Å². The quantitative estimate of drug-likeness (QED) is 0.221. The number of imidazole rings is 1. The number of nitrogens with zero attached hydrogens (tertiary/aromatic N) is 3. The SMILES string of the molecule is CC(=O)O.Cn1c(=O)c2[nH]cnc2n(C)c1=O.O=CC(O)C(O)C(O)C(O)C(=O)O. The zero-order chi connectivity index (χ0) is 23.8. The molecule has 7 N–H and O–H groups in total. The molecule has 168 valence electrons. The first-order valence-corrected chi connectivity index (χ1v) is 7.96. The van der Waals surface area contributed by atoms with Crippen molar-refractivity contribution in [2.24, 2.45) is 14.1 Å². The van der Waals surface area contributed by atoms with E-state index in [1.807, 2.05) is 0 Å². The summed E-state index contributed by atoms with van der Waals surface area (Å²) in [5, 5.41) is 50.6. The van der Waals surface area contributed by atoms with E-state index in [4.69, 9.17) is 35.4 Å². The van der Waals surface area contributed by atoms with E-state index in [9.17, 15) is 19.2 Å². The van der Waals surface area contributed by atoms with Crippen molar-refractivity contribution < 1.29 is 45.0 Å². The Morgan fingerprint density at radius 2 is 1.57 bits per heavy atom. The highest BCUT2D eigenvalue weighted by atomic mass is 16.4. The molecule has 30 heavy (non-hydrogen) atoms. The number of carbonyl (C=O) groups is 3. The standard InChI is InChI=1S/C7H8N4O2.C6H10O7.C2H4O2/c1-10-5-4(8-3-9-5)6(12)11(2)7(10)13;7-1-2(8)3(9)4(10)5(11)6(12)13;1-2(3)4/h3H,1-2H3,(H,8,9);1-5,8-11H,(H,12,13);1H3,(H,3,4). The Morgan fingerprint density at radius 1 is 1.07 bits per heavy atom. The summed E-state index contributed by atoms with van der Waals surface area (Å²) in [6.45, 7) is 1.08. The van der Waals surface area contributed by atoms with Crippen molar-refractivity contribution in [2.75, 3.05) is 0 Å². The van der Waals surface area contributed by atoms with Gasteiger partial charge in [-0.15, -0.1) is 0 Å². The predicted octanol–water partition coefficient (Wildman–Crippen LogP) is -4.24. The van der Waals surface area contributed by atoms with Gasteiger partial charge in [-0.1, -0.05) is 0 Å². The first-order chi connectivity index (χ1) is 13.8. The van der Waals surface area contributed by atoms with Crippen LogP contribution in [0.15, 0.2) is 15.9 Å². The average molecular weight is 434 g/mol. The smallest absolute Gasteiger partial charge is 0.335 e. The third kappa shape index (κ3) is 6.89. The summed E-state index contributed by atoms with van der Waals surface area (Å²) < 4.78 is 2.37. The molecule has 0 saturated carbocycles. The van der Waals surface area contributed by atoms with Crippen LogP contribution < -0.4 is 11.2 Å². The molecule has 4 atom stereocenters. The topological polar surface area (TPSA) is 245 Å². The number of hydrogen-bond donors (Lipinski definition) is 7. The lowest BCUT2D eigenvalue weighted by Gasteiger charge is -2.21. The van der Waals surface area contributed by atoms with Crippen LogP contribution in [0.5, 0.6) is 0 Å². The summed E-state index contributed by atoms with van der Waals surface area (Å²) in [6.07, 6.45) is -7.00. The van der Waals surface area contributed by atoms with Crippen molar-refractivity contribution in [3.63, 3.8) is 0 Å². The molecule has 0 bridgehead atoms. The monoisotopic (exact) mass is 434 g/mol. The van der Waals surface area contributed by atoms with Gasteiger partial charge in [-0.05, 0) is 0 Å². The van der Waals surface area contributed by atoms with Crippen molar-refractivity contribution >= 4 is 29.4 Å². The Hall–Kier alpha value is -3.40. The van der Waals surface area contributed by atoms with Crippen LogP contribution in [0, 0.1) is 0 Å². The van der Waals surface area contributed by atoms with E-state index in [2.05, 4.69) is 9.97 Å². The number of fused-ring (bicyclic) bond motifs is 1. The summed E-state index contributed by atoms with van der Waals surface area (Å²) in [7, 11) is 3.01. The number of aldehydes is 1. The minimum absolute atomic E-state index is 0.0809. The van der Waals surface area contributed by atoms with Gasteiger partial charge in [0.1, 0.15) is 23.8 Å². The van der Waals surface area contributed by atoms with Gasteiger partial charge in [-0.2, -0.15) is 0 Å². The summed E-state index contributed by atoms with van der Waals surface area (Å²) >= 11 is 0. The maximum atomic E-state index is 11.4. The first-order valence-electron chi connectivity index (χ1n) is 7.96. The average Bonchev–Trinajstić information content (AvgIpc) is 3.18. The Bertz CT molecular complexity index is 989. The predicted molar refractivity (Wildman–Crippen MR) is 97.6 cm³/mol. The zero-order valence-corrected chi connectivity index (χ0v) is 16.0. The Morgan fingerprint density at radius 3 is 2.00 bits per heavy atom. The second-order valence-corrected chi connectivity index (χ2v) is 5.72. The number of carboxylic acids is 2. The molecule has 4 unspecified atom stereocenters. The van der Waals surface area contributed by atoms with Crippen LogP contribution in [0.2, 0.25) is 0 Å². The van der Waals surface area contributed by atoms with E-state index in [0.29, 0.717) is 11.2 Å². The highest BCUT2D eigenvalue weighted by molar-refractivity contribution is 5.73. The van der Waals surface area contributed by atoms with Gasteiger partial charge in [0.05, 0.1) is 6.33 Å². The Labute approximate surface area is 167 Å². The largest absolute Gasteiger partial charge is 0.481 e. The fraction of sp³-hybridized carbons (Fsp3) is 0.467. The molecule has 0 saturated heterocycles. The number of aliphatic carboxylic acids is 2. The van der Waals surface area contributed by atoms with Gasteiger partial charge in [0, 0.05) is 21.0 Å². The number of aliphatic hydroxyl groups is 4. The zero-order valence-electron chi connectivity index (χ0n) is 16.0. The van der Waals surface area contributed by atoms with E-state index in [1.165, 1.54) is 17.9 Å². The molecule has 2 rings (SSSR count). The van der Waals surface area contributed by atoms with Crippen molar-refractivity contribution in [3.05, 3.63) is 27.2 Å². The summed E-state index contributed by atoms with van der Waals surface area (Å²) in [4.78, 5) is 58.3. The molecule has 2 aromatic rings. The molecule has 0 fully saturated rings. The van der Waals surface area contributed by atoms with Crippen LogP contribution in [-0.2, 0) is 28.5 Å². The van der Waals surface area contributed by atoms with Crippen molar-refractivity contribution in [1.29, 1.82) is 0 Å². The number of nitrogens with one attached hydrogen (secondary N) is 1. The number of carbonyl (C=O) groups excluding carboxylic acids is 1. The molecule has 0 spiro atoms. The van der Waals surface area contributed by atoms with Gasteiger partial charge < -0.3 is 40.4 Å². The van der Waals surface area contributed by atoms with E-state index >= 15 is 0 Å². The number of H-pyrrole nitrogens is 1. The molecule has 2 heterocycles. The van der Waals surface area contributed by atoms with Crippen LogP contribution in [0.25, 0.3) is 11.2 Å². The number of aromatic nitrogens is 4. The normalized spacial score (nSPS) is 14.2. The van der Waals surface area contributed by atoms with Gasteiger partial charge >= 0.3 is 11.7 Å². The van der Waals surface area contributed by atoms with Gasteiger partial charge in [0.2, 0.25) is 0 Å². The molecule has 15 heteroatoms. The van der Waals surface area contributed by atoms with Crippen molar-refractivity contribution in [1.82, 2.24) is 19.1 Å². The second-order valence-electron chi connectivity index (χ2n) is 5.72. The number of aryl methyl sites for hydroxylation is 1. The number of aromatic amines is 1. The van der Waals surface area contributed by atoms with Gasteiger partial charge in [0.15, 0.2) is 18.0 Å². The molecule has 2 aromatic heterocycles. The van der Waals surface area contributed by atoms with Crippen LogP contribution in [0.3, 0.4) is 0 Å². The molecule has 0 radical (unpaired) electrons. The van der Waals surface area contributed by atoms with Crippen LogP contribution in [-0.4, -0.2) is 92.4 Å². The minimum Gasteiger partial charge on any atom is -0.481 e. The van der Waals surface area contributed by atoms with E-state index < -0.39 is 36.4 Å². The number of hydrogen-bond acceptors (Lipinski definition) is 10. The lowest BCUT2D eigenvalue weighted by atomic mass is 10.0. The molecular weight excluding hydrogens is 412 g/mol. The fourth-order valence-corrected chi connectivity index (χ4v) is 1.88. The highest BCUT2D eigenvalue weighted by Crippen LogP contribution is 2.03. The molecule has 15 nitrogen and oxygen atoms in total. The van der Waals surface area contributed by atoms with Crippen molar-refractivity contribution in [2.45, 2.75) is 31.3 Å². The molecule has 0 aliphatic carbocycles. The number of rotatable bonds is 5.